The van der Waals surface area contributed by atoms with Crippen LogP contribution in [0.15, 0.2) is 48.5 Å². The van der Waals surface area contributed by atoms with Crippen molar-refractivity contribution in [1.82, 2.24) is 10.2 Å². The Morgan fingerprint density at radius 1 is 1.07 bits per heavy atom. The number of nitrogens with zero attached hydrogens (tertiary/aromatic N) is 1. The average Bonchev–Trinajstić information content (AvgIpc) is 3.24. The Morgan fingerprint density at radius 3 is 2.43 bits per heavy atom. The summed E-state index contributed by atoms with van der Waals surface area (Å²) in [5.41, 5.74) is 4.32. The lowest BCUT2D eigenvalue weighted by Crippen LogP contribution is -2.51. The predicted molar refractivity (Wildman–Crippen MR) is 121 cm³/mol. The van der Waals surface area contributed by atoms with Gasteiger partial charge in [0.1, 0.15) is 6.04 Å². The van der Waals surface area contributed by atoms with E-state index in [2.05, 4.69) is 23.5 Å². The molecule has 2 amide bonds. The second-order valence-electron chi connectivity index (χ2n) is 8.53. The minimum absolute atomic E-state index is 0.000903. The van der Waals surface area contributed by atoms with Gasteiger partial charge in [-0.05, 0) is 49.8 Å². The Bertz CT molecular complexity index is 857. The van der Waals surface area contributed by atoms with Crippen LogP contribution in [0.25, 0.3) is 0 Å². The number of carbonyl (C=O) groups excluding carboxylic acids is 2. The molecule has 0 radical (unpaired) electrons. The summed E-state index contributed by atoms with van der Waals surface area (Å²) in [6.45, 7) is 6.51. The van der Waals surface area contributed by atoms with E-state index in [1.165, 1.54) is 12.8 Å². The lowest BCUT2D eigenvalue weighted by Gasteiger charge is -2.32. The molecule has 1 atom stereocenters. The van der Waals surface area contributed by atoms with E-state index in [1.807, 2.05) is 51.1 Å². The van der Waals surface area contributed by atoms with Crippen LogP contribution in [-0.2, 0) is 22.6 Å². The smallest absolute Gasteiger partial charge is 0.243 e. The zero-order chi connectivity index (χ0) is 21.5. The largest absolute Gasteiger partial charge is 0.352 e. The molecule has 1 saturated carbocycles. The van der Waals surface area contributed by atoms with Crippen LogP contribution in [0, 0.1) is 13.8 Å². The van der Waals surface area contributed by atoms with Gasteiger partial charge in [0.25, 0.3) is 0 Å². The van der Waals surface area contributed by atoms with E-state index in [-0.39, 0.29) is 17.9 Å². The van der Waals surface area contributed by atoms with Gasteiger partial charge >= 0.3 is 0 Å². The predicted octanol–water partition coefficient (Wildman–Crippen LogP) is 4.71. The highest BCUT2D eigenvalue weighted by molar-refractivity contribution is 5.88. The minimum Gasteiger partial charge on any atom is -0.352 e. The fraction of sp³-hybridized carbons (Fsp3) is 0.462. The van der Waals surface area contributed by atoms with Crippen molar-refractivity contribution in [3.05, 3.63) is 70.8 Å². The van der Waals surface area contributed by atoms with Crippen molar-refractivity contribution in [2.24, 2.45) is 0 Å². The van der Waals surface area contributed by atoms with Crippen LogP contribution in [0.5, 0.6) is 0 Å². The second-order valence-corrected chi connectivity index (χ2v) is 8.53. The number of rotatable bonds is 8. The van der Waals surface area contributed by atoms with Gasteiger partial charge in [-0.2, -0.15) is 0 Å². The normalized spacial score (nSPS) is 15.0. The highest BCUT2D eigenvalue weighted by Crippen LogP contribution is 2.20. The van der Waals surface area contributed by atoms with Gasteiger partial charge in [0.05, 0.1) is 6.42 Å². The van der Waals surface area contributed by atoms with E-state index in [4.69, 9.17) is 0 Å². The van der Waals surface area contributed by atoms with E-state index < -0.39 is 6.04 Å². The fourth-order valence-corrected chi connectivity index (χ4v) is 4.32. The van der Waals surface area contributed by atoms with Crippen LogP contribution in [0.1, 0.15) is 61.3 Å². The topological polar surface area (TPSA) is 49.4 Å². The Kier molecular flexibility index (Phi) is 7.67. The molecule has 1 aliphatic rings. The lowest BCUT2D eigenvalue weighted by atomic mass is 10.0. The van der Waals surface area contributed by atoms with Crippen LogP contribution in [0.4, 0.5) is 0 Å². The zero-order valence-electron chi connectivity index (χ0n) is 18.5. The van der Waals surface area contributed by atoms with Gasteiger partial charge in [-0.15, -0.1) is 0 Å². The van der Waals surface area contributed by atoms with Crippen molar-refractivity contribution in [2.75, 3.05) is 0 Å². The maximum atomic E-state index is 13.5. The van der Waals surface area contributed by atoms with Crippen LogP contribution in [0.3, 0.4) is 0 Å². The SMILES string of the molecule is CC[C@H](C(=O)NC1CCCC1)N(Cc1ccccc1)C(=O)Cc1cc(C)ccc1C. The summed E-state index contributed by atoms with van der Waals surface area (Å²) < 4.78 is 0. The molecular formula is C26H34N2O2. The summed E-state index contributed by atoms with van der Waals surface area (Å²) in [5, 5.41) is 3.20. The van der Waals surface area contributed by atoms with E-state index in [0.29, 0.717) is 19.4 Å². The van der Waals surface area contributed by atoms with Gasteiger partial charge in [0, 0.05) is 12.6 Å². The number of nitrogens with one attached hydrogen (secondary N) is 1. The van der Waals surface area contributed by atoms with E-state index >= 15 is 0 Å². The Balaban J connectivity index is 1.83. The molecule has 1 N–H and O–H groups in total. The molecule has 0 heterocycles. The van der Waals surface area contributed by atoms with Crippen molar-refractivity contribution in [1.29, 1.82) is 0 Å². The van der Waals surface area contributed by atoms with Crippen LogP contribution in [0.2, 0.25) is 0 Å². The number of hydrogen-bond donors (Lipinski definition) is 1. The van der Waals surface area contributed by atoms with E-state index in [9.17, 15) is 9.59 Å². The van der Waals surface area contributed by atoms with Crippen molar-refractivity contribution >= 4 is 11.8 Å². The molecule has 30 heavy (non-hydrogen) atoms. The molecule has 2 aromatic rings. The van der Waals surface area contributed by atoms with Gasteiger partial charge in [0.2, 0.25) is 11.8 Å². The highest BCUT2D eigenvalue weighted by atomic mass is 16.2. The molecule has 1 fully saturated rings. The molecule has 0 bridgehead atoms. The molecule has 0 saturated heterocycles. The van der Waals surface area contributed by atoms with Gasteiger partial charge in [-0.25, -0.2) is 0 Å². The number of hydrogen-bond acceptors (Lipinski definition) is 2. The molecule has 1 aliphatic carbocycles. The summed E-state index contributed by atoms with van der Waals surface area (Å²) >= 11 is 0. The number of aryl methyl sites for hydroxylation is 2. The van der Waals surface area contributed by atoms with Crippen molar-refractivity contribution in [3.63, 3.8) is 0 Å². The minimum atomic E-state index is -0.455. The number of amides is 2. The zero-order valence-corrected chi connectivity index (χ0v) is 18.5. The Labute approximate surface area is 180 Å². The third kappa shape index (κ3) is 5.71. The maximum absolute atomic E-state index is 13.5. The van der Waals surface area contributed by atoms with Gasteiger partial charge < -0.3 is 10.2 Å². The maximum Gasteiger partial charge on any atom is 0.243 e. The van der Waals surface area contributed by atoms with Gasteiger partial charge in [-0.3, -0.25) is 9.59 Å². The number of benzene rings is 2. The summed E-state index contributed by atoms with van der Waals surface area (Å²) in [6, 6.07) is 15.9. The molecule has 4 nitrogen and oxygen atoms in total. The molecule has 2 aromatic carbocycles. The molecular weight excluding hydrogens is 372 g/mol. The Morgan fingerprint density at radius 2 is 1.77 bits per heavy atom. The standard InChI is InChI=1S/C26H34N2O2/c1-4-24(26(30)27-23-12-8-9-13-23)28(18-21-10-6-5-7-11-21)25(29)17-22-16-19(2)14-15-20(22)3/h5-7,10-11,14-16,23-24H,4,8-9,12-13,17-18H2,1-3H3,(H,27,30)/t24-/m1/s1. The average molecular weight is 407 g/mol. The van der Waals surface area contributed by atoms with Crippen molar-refractivity contribution in [2.45, 2.75) is 77.9 Å². The quantitative estimate of drug-likeness (QED) is 0.690. The molecule has 4 heteroatoms. The lowest BCUT2D eigenvalue weighted by molar-refractivity contribution is -0.141. The third-order valence-corrected chi connectivity index (χ3v) is 6.13. The molecule has 160 valence electrons. The first-order valence-electron chi connectivity index (χ1n) is 11.2. The van der Waals surface area contributed by atoms with Gasteiger partial charge in [-0.1, -0.05) is 73.9 Å². The Hall–Kier alpha value is -2.62. The van der Waals surface area contributed by atoms with Gasteiger partial charge in [0.15, 0.2) is 0 Å². The third-order valence-electron chi connectivity index (χ3n) is 6.13. The van der Waals surface area contributed by atoms with E-state index in [0.717, 1.165) is 35.1 Å². The first kappa shape index (κ1) is 22.1. The van der Waals surface area contributed by atoms with Crippen LogP contribution < -0.4 is 5.32 Å². The monoisotopic (exact) mass is 406 g/mol. The molecule has 0 spiro atoms. The summed E-state index contributed by atoms with van der Waals surface area (Å²) in [6.07, 6.45) is 5.33. The van der Waals surface area contributed by atoms with Crippen molar-refractivity contribution in [3.8, 4) is 0 Å². The summed E-state index contributed by atoms with van der Waals surface area (Å²) in [7, 11) is 0. The van der Waals surface area contributed by atoms with E-state index in [1.54, 1.807) is 4.90 Å². The molecule has 0 aromatic heterocycles. The van der Waals surface area contributed by atoms with Crippen LogP contribution in [-0.4, -0.2) is 28.8 Å². The van der Waals surface area contributed by atoms with Crippen LogP contribution >= 0.6 is 0 Å². The molecule has 3 rings (SSSR count). The molecule has 0 aliphatic heterocycles. The first-order valence-corrected chi connectivity index (χ1v) is 11.2. The van der Waals surface area contributed by atoms with Crippen molar-refractivity contribution < 1.29 is 9.59 Å². The fourth-order valence-electron chi connectivity index (χ4n) is 4.32. The highest BCUT2D eigenvalue weighted by Gasteiger charge is 2.30. The number of carbonyl (C=O) groups is 2. The first-order chi connectivity index (χ1) is 14.5. The molecule has 0 unspecified atom stereocenters. The summed E-state index contributed by atoms with van der Waals surface area (Å²) in [5.74, 6) is -0.0179. The summed E-state index contributed by atoms with van der Waals surface area (Å²) in [4.78, 5) is 28.4. The second kappa shape index (κ2) is 10.4.